The molecule has 1 heterocycles. The molecule has 0 saturated carbocycles. The van der Waals surface area contributed by atoms with E-state index in [0.29, 0.717) is 13.2 Å². The normalized spacial score (nSPS) is 16.6. The number of para-hydroxylation sites is 1. The number of carbonyl (C=O) groups is 1. The molecule has 0 unspecified atom stereocenters. The number of rotatable bonds is 7. The summed E-state index contributed by atoms with van der Waals surface area (Å²) in [4.78, 5) is 13.6. The first kappa shape index (κ1) is 18.6. The highest BCUT2D eigenvalue weighted by Gasteiger charge is 2.24. The van der Waals surface area contributed by atoms with Crippen LogP contribution in [0.3, 0.4) is 0 Å². The van der Waals surface area contributed by atoms with Crippen LogP contribution >= 0.6 is 0 Å². The fourth-order valence-corrected chi connectivity index (χ4v) is 3.77. The molecule has 24 heavy (non-hydrogen) atoms. The topological polar surface area (TPSA) is 75.7 Å². The molecular weight excluding hydrogens is 328 g/mol. The molecule has 1 N–H and O–H groups in total. The molecule has 134 valence electrons. The summed E-state index contributed by atoms with van der Waals surface area (Å²) in [7, 11) is -2.96. The van der Waals surface area contributed by atoms with Gasteiger partial charge < -0.3 is 15.0 Å². The van der Waals surface area contributed by atoms with E-state index in [-0.39, 0.29) is 30.6 Å². The first-order chi connectivity index (χ1) is 11.5. The minimum absolute atomic E-state index is 0.0581. The van der Waals surface area contributed by atoms with Gasteiger partial charge in [-0.05, 0) is 30.9 Å². The van der Waals surface area contributed by atoms with Crippen molar-refractivity contribution in [2.75, 3.05) is 37.7 Å². The van der Waals surface area contributed by atoms with E-state index in [0.717, 1.165) is 30.6 Å². The van der Waals surface area contributed by atoms with Gasteiger partial charge in [0.05, 0.1) is 18.1 Å². The molecule has 0 atom stereocenters. The van der Waals surface area contributed by atoms with Crippen molar-refractivity contribution < 1.29 is 17.9 Å². The van der Waals surface area contributed by atoms with Gasteiger partial charge in [0.15, 0.2) is 9.84 Å². The summed E-state index contributed by atoms with van der Waals surface area (Å²) in [5.74, 6) is 1.03. The van der Waals surface area contributed by atoms with Crippen LogP contribution in [0.25, 0.3) is 0 Å². The van der Waals surface area contributed by atoms with Gasteiger partial charge in [-0.1, -0.05) is 25.1 Å². The molecule has 0 aromatic heterocycles. The van der Waals surface area contributed by atoms with Crippen molar-refractivity contribution in [2.45, 2.75) is 26.2 Å². The zero-order chi connectivity index (χ0) is 17.4. The lowest BCUT2D eigenvalue weighted by molar-refractivity contribution is 0.202. The predicted molar refractivity (Wildman–Crippen MR) is 94.2 cm³/mol. The van der Waals surface area contributed by atoms with E-state index in [4.69, 9.17) is 4.74 Å². The summed E-state index contributed by atoms with van der Waals surface area (Å²) >= 11 is 0. The molecule has 1 aromatic carbocycles. The number of nitrogens with one attached hydrogen (secondary N) is 1. The van der Waals surface area contributed by atoms with Crippen molar-refractivity contribution in [1.82, 2.24) is 10.2 Å². The van der Waals surface area contributed by atoms with E-state index in [1.165, 1.54) is 0 Å². The van der Waals surface area contributed by atoms with Gasteiger partial charge in [-0.3, -0.25) is 0 Å². The van der Waals surface area contributed by atoms with Crippen LogP contribution in [0.1, 0.15) is 25.3 Å². The first-order valence-corrected chi connectivity index (χ1v) is 10.3. The first-order valence-electron chi connectivity index (χ1n) is 8.46. The molecule has 2 rings (SSSR count). The molecule has 1 aliphatic rings. The second kappa shape index (κ2) is 8.92. The van der Waals surface area contributed by atoms with E-state index in [2.05, 4.69) is 12.2 Å². The molecule has 2 amide bonds. The molecule has 6 nitrogen and oxygen atoms in total. The average Bonchev–Trinajstić information content (AvgIpc) is 2.57. The van der Waals surface area contributed by atoms with Crippen LogP contribution in [0, 0.1) is 0 Å². The van der Waals surface area contributed by atoms with Gasteiger partial charge in [0, 0.05) is 19.6 Å². The Morgan fingerprint density at radius 2 is 1.96 bits per heavy atom. The SMILES string of the molecule is CCCOc1ccccc1CCCNC(=O)N1CCS(=O)(=O)CC1. The zero-order valence-electron chi connectivity index (χ0n) is 14.2. The van der Waals surface area contributed by atoms with Crippen LogP contribution in [-0.2, 0) is 16.3 Å². The fourth-order valence-electron chi connectivity index (χ4n) is 2.56. The van der Waals surface area contributed by atoms with Gasteiger partial charge in [-0.15, -0.1) is 0 Å². The standard InChI is InChI=1S/C17H26N2O4S/c1-2-12-23-16-8-4-3-6-15(16)7-5-9-18-17(20)19-10-13-24(21,22)14-11-19/h3-4,6,8H,2,5,7,9-14H2,1H3,(H,18,20). The highest BCUT2D eigenvalue weighted by molar-refractivity contribution is 7.91. The van der Waals surface area contributed by atoms with E-state index in [9.17, 15) is 13.2 Å². The van der Waals surface area contributed by atoms with E-state index < -0.39 is 9.84 Å². The number of carbonyl (C=O) groups excluding carboxylic acids is 1. The van der Waals surface area contributed by atoms with Crippen molar-refractivity contribution in [3.8, 4) is 5.75 Å². The maximum absolute atomic E-state index is 12.0. The Kier molecular flexibility index (Phi) is 6.90. The molecule has 0 radical (unpaired) electrons. The van der Waals surface area contributed by atoms with Crippen molar-refractivity contribution in [3.05, 3.63) is 29.8 Å². The number of amides is 2. The smallest absolute Gasteiger partial charge is 0.317 e. The number of ether oxygens (including phenoxy) is 1. The highest BCUT2D eigenvalue weighted by Crippen LogP contribution is 2.19. The number of aryl methyl sites for hydroxylation is 1. The Bertz CT molecular complexity index is 632. The summed E-state index contributed by atoms with van der Waals surface area (Å²) < 4.78 is 28.5. The molecular formula is C17H26N2O4S. The Balaban J connectivity index is 1.72. The third kappa shape index (κ3) is 5.70. The minimum atomic E-state index is -2.96. The van der Waals surface area contributed by atoms with Gasteiger partial charge >= 0.3 is 6.03 Å². The molecule has 1 aromatic rings. The number of hydrogen-bond donors (Lipinski definition) is 1. The highest BCUT2D eigenvalue weighted by atomic mass is 32.2. The van der Waals surface area contributed by atoms with E-state index in [1.54, 1.807) is 4.90 Å². The summed E-state index contributed by atoms with van der Waals surface area (Å²) in [5.41, 5.74) is 1.14. The Labute approximate surface area is 144 Å². The van der Waals surface area contributed by atoms with Crippen LogP contribution in [0.4, 0.5) is 4.79 Å². The largest absolute Gasteiger partial charge is 0.493 e. The van der Waals surface area contributed by atoms with Crippen molar-refractivity contribution in [3.63, 3.8) is 0 Å². The summed E-state index contributed by atoms with van der Waals surface area (Å²) in [6, 6.07) is 7.78. The van der Waals surface area contributed by atoms with E-state index in [1.807, 2.05) is 24.3 Å². The quantitative estimate of drug-likeness (QED) is 0.758. The van der Waals surface area contributed by atoms with Gasteiger partial charge in [0.2, 0.25) is 0 Å². The maximum atomic E-state index is 12.0. The van der Waals surface area contributed by atoms with Crippen molar-refractivity contribution in [2.24, 2.45) is 0 Å². The lowest BCUT2D eigenvalue weighted by atomic mass is 10.1. The van der Waals surface area contributed by atoms with Crippen LogP contribution in [0.2, 0.25) is 0 Å². The summed E-state index contributed by atoms with van der Waals surface area (Å²) in [5, 5.41) is 2.86. The second-order valence-corrected chi connectivity index (χ2v) is 8.23. The van der Waals surface area contributed by atoms with Crippen LogP contribution < -0.4 is 10.1 Å². The molecule has 0 spiro atoms. The van der Waals surface area contributed by atoms with Gasteiger partial charge in [0.25, 0.3) is 0 Å². The van der Waals surface area contributed by atoms with Crippen LogP contribution in [-0.4, -0.2) is 57.1 Å². The molecule has 1 aliphatic heterocycles. The fraction of sp³-hybridized carbons (Fsp3) is 0.588. The number of benzene rings is 1. The van der Waals surface area contributed by atoms with Crippen molar-refractivity contribution >= 4 is 15.9 Å². The summed E-state index contributed by atoms with van der Waals surface area (Å²) in [6.45, 7) is 3.89. The lowest BCUT2D eigenvalue weighted by Gasteiger charge is -2.26. The van der Waals surface area contributed by atoms with Crippen LogP contribution in [0.15, 0.2) is 24.3 Å². The third-order valence-corrected chi connectivity index (χ3v) is 5.57. The Morgan fingerprint density at radius 1 is 1.25 bits per heavy atom. The number of sulfone groups is 1. The third-order valence-electron chi connectivity index (χ3n) is 3.97. The average molecular weight is 354 g/mol. The van der Waals surface area contributed by atoms with Crippen molar-refractivity contribution in [1.29, 1.82) is 0 Å². The number of urea groups is 1. The monoisotopic (exact) mass is 354 g/mol. The molecule has 1 saturated heterocycles. The number of hydrogen-bond acceptors (Lipinski definition) is 4. The molecule has 0 aliphatic carbocycles. The van der Waals surface area contributed by atoms with E-state index >= 15 is 0 Å². The van der Waals surface area contributed by atoms with Gasteiger partial charge in [0.1, 0.15) is 5.75 Å². The van der Waals surface area contributed by atoms with Crippen LogP contribution in [0.5, 0.6) is 5.75 Å². The second-order valence-electron chi connectivity index (χ2n) is 5.93. The molecule has 7 heteroatoms. The lowest BCUT2D eigenvalue weighted by Crippen LogP contribution is -2.48. The predicted octanol–water partition coefficient (Wildman–Crippen LogP) is 1.85. The Morgan fingerprint density at radius 3 is 2.67 bits per heavy atom. The Hall–Kier alpha value is -1.76. The zero-order valence-corrected chi connectivity index (χ0v) is 15.0. The van der Waals surface area contributed by atoms with Gasteiger partial charge in [-0.2, -0.15) is 0 Å². The maximum Gasteiger partial charge on any atom is 0.317 e. The number of nitrogens with zero attached hydrogens (tertiary/aromatic N) is 1. The molecule has 1 fully saturated rings. The minimum Gasteiger partial charge on any atom is -0.493 e. The molecule has 0 bridgehead atoms. The summed E-state index contributed by atoms with van der Waals surface area (Å²) in [6.07, 6.45) is 2.61. The van der Waals surface area contributed by atoms with Gasteiger partial charge in [-0.25, -0.2) is 13.2 Å².